The van der Waals surface area contributed by atoms with E-state index < -0.39 is 0 Å². The van der Waals surface area contributed by atoms with Gasteiger partial charge in [-0.1, -0.05) is 30.3 Å². The first-order valence-corrected chi connectivity index (χ1v) is 12.1. The highest BCUT2D eigenvalue weighted by atomic mass is 32.1. The number of amides is 1. The van der Waals surface area contributed by atoms with Gasteiger partial charge in [0.2, 0.25) is 5.91 Å². The zero-order valence-electron chi connectivity index (χ0n) is 18.2. The summed E-state index contributed by atoms with van der Waals surface area (Å²) >= 11 is 5.29. The third-order valence-electron chi connectivity index (χ3n) is 7.03. The highest BCUT2D eigenvalue weighted by Crippen LogP contribution is 2.31. The molecule has 4 rings (SSSR count). The number of piperidine rings is 2. The summed E-state index contributed by atoms with van der Waals surface area (Å²) in [5.74, 6) is 0.950. The second-order valence-electron chi connectivity index (χ2n) is 9.39. The number of aryl methyl sites for hydroxylation is 1. The molecule has 5 nitrogen and oxygen atoms in total. The van der Waals surface area contributed by atoms with E-state index in [-0.39, 0.29) is 6.04 Å². The van der Waals surface area contributed by atoms with Crippen LogP contribution in [0.1, 0.15) is 51.0 Å². The second kappa shape index (κ2) is 10.1. The molecule has 3 saturated heterocycles. The Bertz CT molecular complexity index is 727. The van der Waals surface area contributed by atoms with E-state index in [4.69, 9.17) is 12.2 Å². The summed E-state index contributed by atoms with van der Waals surface area (Å²) < 4.78 is 0. The van der Waals surface area contributed by atoms with E-state index in [1.54, 1.807) is 0 Å². The first-order chi connectivity index (χ1) is 14.6. The summed E-state index contributed by atoms with van der Waals surface area (Å²) in [6.07, 6.45) is 7.40. The molecule has 1 amide bonds. The highest BCUT2D eigenvalue weighted by molar-refractivity contribution is 7.80. The Kier molecular flexibility index (Phi) is 7.26. The van der Waals surface area contributed by atoms with Crippen molar-refractivity contribution in [3.8, 4) is 0 Å². The van der Waals surface area contributed by atoms with E-state index in [2.05, 4.69) is 57.7 Å². The number of nitrogens with one attached hydrogen (secondary N) is 2. The second-order valence-corrected chi connectivity index (χ2v) is 9.80. The highest BCUT2D eigenvalue weighted by Gasteiger charge is 2.38. The Labute approximate surface area is 186 Å². The predicted octanol–water partition coefficient (Wildman–Crippen LogP) is 2.95. The molecule has 0 aromatic heterocycles. The zero-order valence-corrected chi connectivity index (χ0v) is 19.0. The van der Waals surface area contributed by atoms with Crippen LogP contribution in [-0.4, -0.2) is 65.1 Å². The number of hydrogen-bond acceptors (Lipinski definition) is 3. The van der Waals surface area contributed by atoms with Gasteiger partial charge >= 0.3 is 0 Å². The average Bonchev–Trinajstić information content (AvgIpc) is 2.73. The van der Waals surface area contributed by atoms with E-state index in [9.17, 15) is 4.79 Å². The van der Waals surface area contributed by atoms with Gasteiger partial charge < -0.3 is 20.4 Å². The molecule has 0 bridgehead atoms. The molecule has 6 heteroatoms. The largest absolute Gasteiger partial charge is 0.360 e. The van der Waals surface area contributed by atoms with Crippen molar-refractivity contribution in [3.05, 3.63) is 35.9 Å². The molecule has 1 aromatic rings. The van der Waals surface area contributed by atoms with Gasteiger partial charge in [0.25, 0.3) is 0 Å². The first-order valence-electron chi connectivity index (χ1n) is 11.7. The number of nitrogens with zero attached hydrogens (tertiary/aromatic N) is 2. The van der Waals surface area contributed by atoms with Gasteiger partial charge in [-0.3, -0.25) is 4.79 Å². The smallest absolute Gasteiger partial charge is 0.224 e. The summed E-state index contributed by atoms with van der Waals surface area (Å²) in [7, 11) is 0. The molecule has 2 N–H and O–H groups in total. The van der Waals surface area contributed by atoms with Gasteiger partial charge in [-0.15, -0.1) is 0 Å². The maximum Gasteiger partial charge on any atom is 0.224 e. The van der Waals surface area contributed by atoms with Gasteiger partial charge in [0, 0.05) is 44.2 Å². The van der Waals surface area contributed by atoms with Crippen LogP contribution in [0.2, 0.25) is 0 Å². The van der Waals surface area contributed by atoms with Crippen molar-refractivity contribution in [1.82, 2.24) is 20.4 Å². The SMILES string of the molecule is C[C@@H]1C[C@@H](CC(=O)N2CCC[C@@H]3CN(CCCc4ccccc4)CC[C@@H]32)NC(=S)N1. The molecule has 4 atom stereocenters. The third-order valence-corrected chi connectivity index (χ3v) is 7.26. The maximum absolute atomic E-state index is 13.2. The van der Waals surface area contributed by atoms with Crippen LogP contribution in [0.25, 0.3) is 0 Å². The van der Waals surface area contributed by atoms with Crippen LogP contribution in [0, 0.1) is 5.92 Å². The van der Waals surface area contributed by atoms with E-state index in [0.717, 1.165) is 45.3 Å². The fourth-order valence-corrected chi connectivity index (χ4v) is 5.97. The molecule has 0 saturated carbocycles. The summed E-state index contributed by atoms with van der Waals surface area (Å²) in [6.45, 7) is 6.50. The molecule has 3 heterocycles. The molecule has 3 fully saturated rings. The zero-order chi connectivity index (χ0) is 20.9. The third kappa shape index (κ3) is 5.52. The van der Waals surface area contributed by atoms with Crippen molar-refractivity contribution in [1.29, 1.82) is 0 Å². The minimum Gasteiger partial charge on any atom is -0.360 e. The van der Waals surface area contributed by atoms with Crippen LogP contribution < -0.4 is 10.6 Å². The van der Waals surface area contributed by atoms with Crippen LogP contribution in [0.15, 0.2) is 30.3 Å². The molecule has 3 aliphatic rings. The number of benzene rings is 1. The Morgan fingerprint density at radius 3 is 2.80 bits per heavy atom. The van der Waals surface area contributed by atoms with Gasteiger partial charge in [0.05, 0.1) is 0 Å². The fourth-order valence-electron chi connectivity index (χ4n) is 5.60. The topological polar surface area (TPSA) is 47.6 Å². The number of carbonyl (C=O) groups excluding carboxylic acids is 1. The van der Waals surface area contributed by atoms with Crippen LogP contribution in [-0.2, 0) is 11.2 Å². The number of rotatable bonds is 6. The van der Waals surface area contributed by atoms with Crippen molar-refractivity contribution < 1.29 is 4.79 Å². The van der Waals surface area contributed by atoms with Crippen LogP contribution in [0.5, 0.6) is 0 Å². The minimum absolute atomic E-state index is 0.166. The lowest BCUT2D eigenvalue weighted by molar-refractivity contribution is -0.138. The Balaban J connectivity index is 1.26. The molecule has 0 radical (unpaired) electrons. The summed E-state index contributed by atoms with van der Waals surface area (Å²) in [6, 6.07) is 11.7. The number of fused-ring (bicyclic) bond motifs is 1. The molecule has 0 aliphatic carbocycles. The van der Waals surface area contributed by atoms with E-state index in [0.29, 0.717) is 35.4 Å². The lowest BCUT2D eigenvalue weighted by Crippen LogP contribution is -2.58. The van der Waals surface area contributed by atoms with E-state index >= 15 is 0 Å². The number of thiocarbonyl (C=S) groups is 1. The fraction of sp³-hybridized carbons (Fsp3) is 0.667. The minimum atomic E-state index is 0.166. The number of carbonyl (C=O) groups is 1. The molecular formula is C24H36N4OS. The molecular weight excluding hydrogens is 392 g/mol. The van der Waals surface area contributed by atoms with Crippen LogP contribution >= 0.6 is 12.2 Å². The van der Waals surface area contributed by atoms with Gasteiger partial charge in [0.1, 0.15) is 0 Å². The van der Waals surface area contributed by atoms with Crippen molar-refractivity contribution >= 4 is 23.2 Å². The van der Waals surface area contributed by atoms with Gasteiger partial charge in [-0.2, -0.15) is 0 Å². The van der Waals surface area contributed by atoms with Crippen molar-refractivity contribution in [2.24, 2.45) is 5.92 Å². The molecule has 164 valence electrons. The number of hydrogen-bond donors (Lipinski definition) is 2. The standard InChI is InChI=1S/C24H36N4OS/c1-18-15-21(26-24(30)25-18)16-23(29)28-13-6-10-20-17-27(14-11-22(20)28)12-5-9-19-7-3-2-4-8-19/h2-4,7-8,18,20-22H,5-6,9-17H2,1H3,(H2,25,26,30)/t18-,20-,21+,22+/m1/s1. The van der Waals surface area contributed by atoms with Crippen LogP contribution in [0.4, 0.5) is 0 Å². The van der Waals surface area contributed by atoms with Crippen molar-refractivity contribution in [2.45, 2.75) is 70.0 Å². The molecule has 0 unspecified atom stereocenters. The molecule has 0 spiro atoms. The maximum atomic E-state index is 13.2. The number of likely N-dealkylation sites (tertiary alicyclic amines) is 2. The lowest BCUT2D eigenvalue weighted by atomic mass is 9.83. The quantitative estimate of drug-likeness (QED) is 0.682. The first kappa shape index (κ1) is 21.6. The Morgan fingerprint density at radius 2 is 2.00 bits per heavy atom. The van der Waals surface area contributed by atoms with E-state index in [1.165, 1.54) is 24.9 Å². The van der Waals surface area contributed by atoms with Gasteiger partial charge in [-0.25, -0.2) is 0 Å². The predicted molar refractivity (Wildman–Crippen MR) is 125 cm³/mol. The summed E-state index contributed by atoms with van der Waals surface area (Å²) in [5, 5.41) is 7.21. The average molecular weight is 429 g/mol. The summed E-state index contributed by atoms with van der Waals surface area (Å²) in [5.41, 5.74) is 1.43. The van der Waals surface area contributed by atoms with Crippen LogP contribution in [0.3, 0.4) is 0 Å². The Hall–Kier alpha value is -1.66. The summed E-state index contributed by atoms with van der Waals surface area (Å²) in [4.78, 5) is 18.0. The monoisotopic (exact) mass is 428 g/mol. The Morgan fingerprint density at radius 1 is 1.17 bits per heavy atom. The molecule has 1 aromatic carbocycles. The molecule has 3 aliphatic heterocycles. The normalized spacial score (nSPS) is 29.6. The van der Waals surface area contributed by atoms with Gasteiger partial charge in [0.15, 0.2) is 5.11 Å². The van der Waals surface area contributed by atoms with Crippen molar-refractivity contribution in [2.75, 3.05) is 26.2 Å². The lowest BCUT2D eigenvalue weighted by Gasteiger charge is -2.47. The van der Waals surface area contributed by atoms with Gasteiger partial charge in [-0.05, 0) is 75.7 Å². The van der Waals surface area contributed by atoms with Crippen molar-refractivity contribution in [3.63, 3.8) is 0 Å². The molecule has 30 heavy (non-hydrogen) atoms. The van der Waals surface area contributed by atoms with E-state index in [1.807, 2.05) is 0 Å².